The van der Waals surface area contributed by atoms with E-state index < -0.39 is 0 Å². The first-order chi connectivity index (χ1) is 9.63. The largest absolute Gasteiger partial charge is 0.398 e. The number of nitrogen functional groups attached to an aromatic ring is 1. The van der Waals surface area contributed by atoms with Crippen molar-refractivity contribution >= 4 is 5.69 Å². The van der Waals surface area contributed by atoms with Gasteiger partial charge in [0.15, 0.2) is 0 Å². The van der Waals surface area contributed by atoms with Crippen molar-refractivity contribution in [2.75, 3.05) is 38.5 Å². The van der Waals surface area contributed by atoms with Gasteiger partial charge in [0.05, 0.1) is 0 Å². The molecule has 0 saturated carbocycles. The van der Waals surface area contributed by atoms with E-state index in [0.29, 0.717) is 11.7 Å². The zero-order valence-corrected chi connectivity index (χ0v) is 12.6. The highest BCUT2D eigenvalue weighted by Crippen LogP contribution is 2.15. The summed E-state index contributed by atoms with van der Waals surface area (Å²) in [6, 6.07) is 3.87. The Morgan fingerprint density at radius 1 is 1.30 bits per heavy atom. The minimum absolute atomic E-state index is 0.0266. The lowest BCUT2D eigenvalue weighted by molar-refractivity contribution is 0.209. The molecule has 0 spiro atoms. The van der Waals surface area contributed by atoms with Crippen molar-refractivity contribution in [2.24, 2.45) is 0 Å². The molecule has 1 aromatic heterocycles. The normalized spacial score (nSPS) is 19.9. The van der Waals surface area contributed by atoms with E-state index in [0.717, 1.165) is 39.3 Å². The first kappa shape index (κ1) is 15.1. The Bertz CT molecular complexity index is 481. The van der Waals surface area contributed by atoms with Crippen LogP contribution in [-0.2, 0) is 6.54 Å². The summed E-state index contributed by atoms with van der Waals surface area (Å²) in [4.78, 5) is 16.7. The molecule has 1 unspecified atom stereocenters. The van der Waals surface area contributed by atoms with Gasteiger partial charge in [-0.15, -0.1) is 0 Å². The van der Waals surface area contributed by atoms with Gasteiger partial charge in [0.2, 0.25) is 0 Å². The van der Waals surface area contributed by atoms with E-state index in [9.17, 15) is 4.79 Å². The smallest absolute Gasteiger partial charge is 0.250 e. The number of nitrogens with two attached hydrogens (primary N) is 1. The van der Waals surface area contributed by atoms with Crippen molar-refractivity contribution in [3.8, 4) is 0 Å². The van der Waals surface area contributed by atoms with E-state index >= 15 is 0 Å². The van der Waals surface area contributed by atoms with E-state index in [1.165, 1.54) is 12.5 Å². The molecule has 1 atom stereocenters. The fourth-order valence-corrected chi connectivity index (χ4v) is 3.03. The number of hydrogen-bond acceptors (Lipinski definition) is 4. The van der Waals surface area contributed by atoms with Crippen LogP contribution in [0.15, 0.2) is 23.1 Å². The lowest BCUT2D eigenvalue weighted by Crippen LogP contribution is -2.38. The number of aromatic nitrogens is 1. The first-order valence-corrected chi connectivity index (χ1v) is 7.56. The highest BCUT2D eigenvalue weighted by molar-refractivity contribution is 5.33. The maximum Gasteiger partial charge on any atom is 0.250 e. The summed E-state index contributed by atoms with van der Waals surface area (Å²) in [6.45, 7) is 10.5. The molecule has 0 bridgehead atoms. The number of rotatable bonds is 6. The van der Waals surface area contributed by atoms with Gasteiger partial charge in [0.25, 0.3) is 5.56 Å². The summed E-state index contributed by atoms with van der Waals surface area (Å²) in [5, 5.41) is 0. The molecule has 0 aromatic carbocycles. The fourth-order valence-electron chi connectivity index (χ4n) is 3.03. The Morgan fingerprint density at radius 2 is 2.05 bits per heavy atom. The third kappa shape index (κ3) is 3.61. The van der Waals surface area contributed by atoms with Crippen LogP contribution in [0.2, 0.25) is 0 Å². The summed E-state index contributed by atoms with van der Waals surface area (Å²) >= 11 is 0. The molecule has 1 aliphatic heterocycles. The molecule has 2 N–H and O–H groups in total. The molecule has 1 aromatic rings. The average Bonchev–Trinajstić information content (AvgIpc) is 2.90. The number of pyridine rings is 1. The van der Waals surface area contributed by atoms with Crippen molar-refractivity contribution in [1.82, 2.24) is 14.4 Å². The molecule has 0 radical (unpaired) electrons. The summed E-state index contributed by atoms with van der Waals surface area (Å²) in [7, 11) is 0. The number of nitrogens with zero attached hydrogens (tertiary/aromatic N) is 3. The highest BCUT2D eigenvalue weighted by Gasteiger charge is 2.25. The van der Waals surface area contributed by atoms with Crippen LogP contribution in [0.5, 0.6) is 0 Å². The van der Waals surface area contributed by atoms with E-state index in [2.05, 4.69) is 23.6 Å². The first-order valence-electron chi connectivity index (χ1n) is 7.56. The number of anilines is 1. The maximum absolute atomic E-state index is 11.7. The third-order valence-electron chi connectivity index (χ3n) is 4.24. The fraction of sp³-hybridized carbons (Fsp3) is 0.667. The SMILES string of the molecule is CCN(CC)C1CCN(CCn2cc(N)ccc2=O)C1. The average molecular weight is 278 g/mol. The topological polar surface area (TPSA) is 54.5 Å². The van der Waals surface area contributed by atoms with Crippen molar-refractivity contribution in [3.63, 3.8) is 0 Å². The molecule has 2 heterocycles. The van der Waals surface area contributed by atoms with Gasteiger partial charge in [-0.25, -0.2) is 0 Å². The molecule has 20 heavy (non-hydrogen) atoms. The Morgan fingerprint density at radius 3 is 2.75 bits per heavy atom. The van der Waals surface area contributed by atoms with E-state index in [-0.39, 0.29) is 5.56 Å². The van der Waals surface area contributed by atoms with Gasteiger partial charge in [-0.1, -0.05) is 13.8 Å². The second kappa shape index (κ2) is 6.90. The van der Waals surface area contributed by atoms with Gasteiger partial charge in [-0.05, 0) is 32.1 Å². The molecule has 0 amide bonds. The highest BCUT2D eigenvalue weighted by atomic mass is 16.1. The van der Waals surface area contributed by atoms with Crippen molar-refractivity contribution < 1.29 is 0 Å². The Hall–Kier alpha value is -1.33. The maximum atomic E-state index is 11.7. The van der Waals surface area contributed by atoms with Crippen LogP contribution < -0.4 is 11.3 Å². The molecule has 5 heteroatoms. The molecule has 0 aliphatic carbocycles. The van der Waals surface area contributed by atoms with Gasteiger partial charge in [-0.2, -0.15) is 0 Å². The standard InChI is InChI=1S/C15H26N4O/c1-3-18(4-2)14-7-8-17(12-14)9-10-19-11-13(16)5-6-15(19)20/h5-6,11,14H,3-4,7-10,12,16H2,1-2H3. The van der Waals surface area contributed by atoms with Gasteiger partial charge in [0, 0.05) is 43.6 Å². The lowest BCUT2D eigenvalue weighted by atomic mass is 10.2. The van der Waals surface area contributed by atoms with Crippen molar-refractivity contribution in [1.29, 1.82) is 0 Å². The Kier molecular flexibility index (Phi) is 5.20. The zero-order valence-electron chi connectivity index (χ0n) is 12.6. The van der Waals surface area contributed by atoms with Gasteiger partial charge in [0.1, 0.15) is 0 Å². The van der Waals surface area contributed by atoms with Crippen LogP contribution in [0.1, 0.15) is 20.3 Å². The molecule has 5 nitrogen and oxygen atoms in total. The number of likely N-dealkylation sites (tertiary alicyclic amines) is 1. The van der Waals surface area contributed by atoms with Gasteiger partial charge < -0.3 is 10.3 Å². The monoisotopic (exact) mass is 278 g/mol. The second-order valence-corrected chi connectivity index (χ2v) is 5.46. The van der Waals surface area contributed by atoms with Crippen LogP contribution in [0.3, 0.4) is 0 Å². The minimum Gasteiger partial charge on any atom is -0.398 e. The summed E-state index contributed by atoms with van der Waals surface area (Å²) in [6.07, 6.45) is 2.97. The van der Waals surface area contributed by atoms with Crippen LogP contribution in [-0.4, -0.2) is 53.1 Å². The minimum atomic E-state index is 0.0266. The third-order valence-corrected chi connectivity index (χ3v) is 4.24. The second-order valence-electron chi connectivity index (χ2n) is 5.46. The van der Waals surface area contributed by atoms with Crippen molar-refractivity contribution in [3.05, 3.63) is 28.7 Å². The van der Waals surface area contributed by atoms with Crippen LogP contribution in [0, 0.1) is 0 Å². The predicted molar refractivity (Wildman–Crippen MR) is 82.9 cm³/mol. The number of hydrogen-bond donors (Lipinski definition) is 1. The lowest BCUT2D eigenvalue weighted by Gasteiger charge is -2.26. The molecule has 1 fully saturated rings. The van der Waals surface area contributed by atoms with E-state index in [1.54, 1.807) is 16.8 Å². The van der Waals surface area contributed by atoms with Crippen LogP contribution >= 0.6 is 0 Å². The summed E-state index contributed by atoms with van der Waals surface area (Å²) in [5.74, 6) is 0. The van der Waals surface area contributed by atoms with E-state index in [1.807, 2.05) is 0 Å². The molecule has 1 aliphatic rings. The Labute approximate surface area is 121 Å². The Balaban J connectivity index is 1.87. The molecular formula is C15H26N4O. The molecular weight excluding hydrogens is 252 g/mol. The quantitative estimate of drug-likeness (QED) is 0.838. The van der Waals surface area contributed by atoms with Crippen molar-refractivity contribution in [2.45, 2.75) is 32.9 Å². The van der Waals surface area contributed by atoms with Gasteiger partial charge in [-0.3, -0.25) is 14.6 Å². The van der Waals surface area contributed by atoms with Gasteiger partial charge >= 0.3 is 0 Å². The zero-order chi connectivity index (χ0) is 14.5. The predicted octanol–water partition coefficient (Wildman–Crippen LogP) is 0.847. The number of likely N-dealkylation sites (N-methyl/N-ethyl adjacent to an activating group) is 1. The molecule has 2 rings (SSSR count). The van der Waals surface area contributed by atoms with E-state index in [4.69, 9.17) is 5.73 Å². The summed E-state index contributed by atoms with van der Waals surface area (Å²) < 4.78 is 1.71. The molecule has 1 saturated heterocycles. The summed E-state index contributed by atoms with van der Waals surface area (Å²) in [5.41, 5.74) is 6.40. The molecule has 112 valence electrons. The van der Waals surface area contributed by atoms with Crippen LogP contribution in [0.4, 0.5) is 5.69 Å². The van der Waals surface area contributed by atoms with Crippen LogP contribution in [0.25, 0.3) is 0 Å².